The molecule has 0 aromatic heterocycles. The normalized spacial score (nSPS) is 21.7. The highest BCUT2D eigenvalue weighted by molar-refractivity contribution is 7.89. The molecule has 1 aromatic rings. The number of hydrogen-bond donors (Lipinski definition) is 2. The molecular formula is C17H26N2O2S. The number of benzene rings is 1. The fraction of sp³-hybridized carbons (Fsp3) is 0.647. The molecule has 0 heterocycles. The van der Waals surface area contributed by atoms with Crippen LogP contribution in [-0.4, -0.2) is 21.0 Å². The molecule has 0 bridgehead atoms. The average molecular weight is 322 g/mol. The minimum Gasteiger partial charge on any atom is -0.329 e. The summed E-state index contributed by atoms with van der Waals surface area (Å²) in [6.45, 7) is 0.365. The maximum atomic E-state index is 12.5. The van der Waals surface area contributed by atoms with Crippen LogP contribution in [0.4, 0.5) is 0 Å². The van der Waals surface area contributed by atoms with Gasteiger partial charge in [-0.3, -0.25) is 0 Å². The van der Waals surface area contributed by atoms with E-state index in [0.717, 1.165) is 12.8 Å². The third-order valence-electron chi connectivity index (χ3n) is 5.02. The molecule has 1 unspecified atom stereocenters. The van der Waals surface area contributed by atoms with Gasteiger partial charge in [0.1, 0.15) is 0 Å². The average Bonchev–Trinajstić information content (AvgIpc) is 3.38. The van der Waals surface area contributed by atoms with Crippen molar-refractivity contribution in [3.8, 4) is 0 Å². The van der Waals surface area contributed by atoms with Gasteiger partial charge in [-0.2, -0.15) is 0 Å². The summed E-state index contributed by atoms with van der Waals surface area (Å²) in [6, 6.07) is 7.33. The molecule has 3 rings (SSSR count). The number of rotatable bonds is 6. The van der Waals surface area contributed by atoms with E-state index < -0.39 is 10.0 Å². The summed E-state index contributed by atoms with van der Waals surface area (Å²) >= 11 is 0. The molecular weight excluding hydrogens is 296 g/mol. The summed E-state index contributed by atoms with van der Waals surface area (Å²) in [6.07, 6.45) is 8.49. The molecule has 2 saturated carbocycles. The number of nitrogens with one attached hydrogen (secondary N) is 1. The zero-order valence-corrected chi connectivity index (χ0v) is 13.8. The fourth-order valence-corrected chi connectivity index (χ4v) is 4.78. The summed E-state index contributed by atoms with van der Waals surface area (Å²) < 4.78 is 27.7. The van der Waals surface area contributed by atoms with Crippen LogP contribution in [0.15, 0.2) is 29.2 Å². The molecule has 22 heavy (non-hydrogen) atoms. The fourth-order valence-electron chi connectivity index (χ4n) is 3.46. The summed E-state index contributed by atoms with van der Waals surface area (Å²) in [4.78, 5) is 0.353. The first-order valence-electron chi connectivity index (χ1n) is 8.42. The molecule has 0 aliphatic heterocycles. The highest BCUT2D eigenvalue weighted by atomic mass is 32.2. The smallest absolute Gasteiger partial charge is 0.240 e. The van der Waals surface area contributed by atoms with Crippen molar-refractivity contribution in [3.63, 3.8) is 0 Å². The van der Waals surface area contributed by atoms with Gasteiger partial charge in [-0.1, -0.05) is 31.4 Å². The molecule has 122 valence electrons. The van der Waals surface area contributed by atoms with E-state index >= 15 is 0 Å². The van der Waals surface area contributed by atoms with Crippen LogP contribution in [0.3, 0.4) is 0 Å². The number of nitrogens with two attached hydrogens (primary N) is 1. The van der Waals surface area contributed by atoms with Gasteiger partial charge in [-0.25, -0.2) is 13.1 Å². The Balaban J connectivity index is 1.70. The van der Waals surface area contributed by atoms with Crippen LogP contribution in [0.1, 0.15) is 56.4 Å². The molecule has 1 atom stereocenters. The first-order valence-corrected chi connectivity index (χ1v) is 9.91. The summed E-state index contributed by atoms with van der Waals surface area (Å²) in [5, 5.41) is 0. The van der Waals surface area contributed by atoms with Crippen molar-refractivity contribution in [2.75, 3.05) is 6.54 Å². The molecule has 2 fully saturated rings. The quantitative estimate of drug-likeness (QED) is 0.846. The van der Waals surface area contributed by atoms with Gasteiger partial charge in [-0.15, -0.1) is 0 Å². The number of sulfonamides is 1. The Morgan fingerprint density at radius 1 is 1.05 bits per heavy atom. The summed E-state index contributed by atoms with van der Waals surface area (Å²) in [5.74, 6) is 1.02. The van der Waals surface area contributed by atoms with E-state index in [1.54, 1.807) is 12.1 Å². The van der Waals surface area contributed by atoms with Gasteiger partial charge in [0.25, 0.3) is 0 Å². The Labute approximate surface area is 133 Å². The van der Waals surface area contributed by atoms with Crippen molar-refractivity contribution in [1.29, 1.82) is 0 Å². The topological polar surface area (TPSA) is 72.2 Å². The highest BCUT2D eigenvalue weighted by Gasteiger charge is 2.33. The Kier molecular flexibility index (Phi) is 4.85. The second-order valence-electron chi connectivity index (χ2n) is 6.70. The molecule has 0 spiro atoms. The van der Waals surface area contributed by atoms with Crippen LogP contribution in [0, 0.1) is 5.92 Å². The lowest BCUT2D eigenvalue weighted by Crippen LogP contribution is -2.41. The summed E-state index contributed by atoms with van der Waals surface area (Å²) in [7, 11) is -3.45. The van der Waals surface area contributed by atoms with E-state index in [9.17, 15) is 8.42 Å². The molecule has 5 heteroatoms. The lowest BCUT2D eigenvalue weighted by molar-refractivity contribution is 0.443. The Bertz CT molecular complexity index is 588. The van der Waals surface area contributed by atoms with E-state index in [2.05, 4.69) is 4.72 Å². The molecule has 2 aliphatic carbocycles. The molecule has 0 amide bonds. The SMILES string of the molecule is NCC(NS(=O)(=O)c1ccc(C2CCCCC2)cc1)C1CC1. The number of hydrogen-bond acceptors (Lipinski definition) is 3. The lowest BCUT2D eigenvalue weighted by atomic mass is 9.84. The van der Waals surface area contributed by atoms with Gasteiger partial charge in [0, 0.05) is 12.6 Å². The minimum atomic E-state index is -3.45. The monoisotopic (exact) mass is 322 g/mol. The standard InChI is InChI=1S/C17H26N2O2S/c18-12-17(15-6-7-15)19-22(20,21)16-10-8-14(9-11-16)13-4-2-1-3-5-13/h8-11,13,15,17,19H,1-7,12,18H2. The van der Waals surface area contributed by atoms with Crippen LogP contribution in [0.2, 0.25) is 0 Å². The Morgan fingerprint density at radius 2 is 1.68 bits per heavy atom. The van der Waals surface area contributed by atoms with Crippen molar-refractivity contribution in [3.05, 3.63) is 29.8 Å². The van der Waals surface area contributed by atoms with Gasteiger partial charge in [-0.05, 0) is 55.2 Å². The van der Waals surface area contributed by atoms with Crippen molar-refractivity contribution < 1.29 is 8.42 Å². The minimum absolute atomic E-state index is 0.122. The van der Waals surface area contributed by atoms with Gasteiger partial charge in [0.15, 0.2) is 0 Å². The van der Waals surface area contributed by atoms with Gasteiger partial charge in [0.05, 0.1) is 4.90 Å². The molecule has 1 aromatic carbocycles. The predicted octanol–water partition coefficient (Wildman–Crippen LogP) is 2.75. The van der Waals surface area contributed by atoms with E-state index in [1.165, 1.54) is 37.7 Å². The molecule has 2 aliphatic rings. The molecule has 3 N–H and O–H groups in total. The first kappa shape index (κ1) is 16.0. The highest BCUT2D eigenvalue weighted by Crippen LogP contribution is 2.34. The van der Waals surface area contributed by atoms with Crippen LogP contribution < -0.4 is 10.5 Å². The van der Waals surface area contributed by atoms with Crippen LogP contribution >= 0.6 is 0 Å². The van der Waals surface area contributed by atoms with Crippen LogP contribution in [0.25, 0.3) is 0 Å². The lowest BCUT2D eigenvalue weighted by Gasteiger charge is -2.22. The van der Waals surface area contributed by atoms with Gasteiger partial charge >= 0.3 is 0 Å². The third-order valence-corrected chi connectivity index (χ3v) is 6.52. The zero-order valence-electron chi connectivity index (χ0n) is 13.0. The van der Waals surface area contributed by atoms with E-state index in [4.69, 9.17) is 5.73 Å². The van der Waals surface area contributed by atoms with Crippen molar-refractivity contribution in [2.24, 2.45) is 11.7 Å². The molecule has 0 radical (unpaired) electrons. The van der Waals surface area contributed by atoms with E-state index in [-0.39, 0.29) is 6.04 Å². The second kappa shape index (κ2) is 6.69. The second-order valence-corrected chi connectivity index (χ2v) is 8.42. The first-order chi connectivity index (χ1) is 10.6. The van der Waals surface area contributed by atoms with Crippen molar-refractivity contribution >= 4 is 10.0 Å². The molecule has 0 saturated heterocycles. The van der Waals surface area contributed by atoms with Crippen molar-refractivity contribution in [2.45, 2.75) is 61.8 Å². The van der Waals surface area contributed by atoms with Gasteiger partial charge in [0.2, 0.25) is 10.0 Å². The maximum Gasteiger partial charge on any atom is 0.240 e. The third kappa shape index (κ3) is 3.70. The molecule has 4 nitrogen and oxygen atoms in total. The van der Waals surface area contributed by atoms with Crippen molar-refractivity contribution in [1.82, 2.24) is 4.72 Å². The Hall–Kier alpha value is -0.910. The largest absolute Gasteiger partial charge is 0.329 e. The Morgan fingerprint density at radius 3 is 2.23 bits per heavy atom. The van der Waals surface area contributed by atoms with Crippen LogP contribution in [0.5, 0.6) is 0 Å². The van der Waals surface area contributed by atoms with E-state index in [0.29, 0.717) is 23.3 Å². The van der Waals surface area contributed by atoms with E-state index in [1.807, 2.05) is 12.1 Å². The van der Waals surface area contributed by atoms with Gasteiger partial charge < -0.3 is 5.73 Å². The maximum absolute atomic E-state index is 12.5. The van der Waals surface area contributed by atoms with Crippen LogP contribution in [-0.2, 0) is 10.0 Å². The zero-order chi connectivity index (χ0) is 15.6. The summed E-state index contributed by atoms with van der Waals surface area (Å²) in [5.41, 5.74) is 6.97. The predicted molar refractivity (Wildman–Crippen MR) is 88.2 cm³/mol.